The first kappa shape index (κ1) is 25.8. The molecule has 0 bridgehead atoms. The molecule has 0 saturated heterocycles. The van der Waals surface area contributed by atoms with E-state index in [1.165, 1.54) is 36.4 Å². The molecular weight excluding hydrogens is 469 g/mol. The molecule has 36 heavy (non-hydrogen) atoms. The highest BCUT2D eigenvalue weighted by Gasteiger charge is 2.29. The maximum Gasteiger partial charge on any atom is 0.343 e. The molecule has 4 nitrogen and oxygen atoms in total. The van der Waals surface area contributed by atoms with Crippen LogP contribution in [-0.4, -0.2) is 23.8 Å². The second-order valence-corrected chi connectivity index (χ2v) is 9.18. The van der Waals surface area contributed by atoms with Gasteiger partial charge in [-0.15, -0.1) is 0 Å². The fourth-order valence-electron chi connectivity index (χ4n) is 4.76. The van der Waals surface area contributed by atoms with Crippen molar-refractivity contribution in [2.45, 2.75) is 51.6 Å². The van der Waals surface area contributed by atoms with Gasteiger partial charge in [0.05, 0.1) is 18.3 Å². The number of esters is 1. The van der Waals surface area contributed by atoms with Gasteiger partial charge in [-0.25, -0.2) is 13.6 Å². The lowest BCUT2D eigenvalue weighted by Crippen LogP contribution is -2.23. The van der Waals surface area contributed by atoms with E-state index in [4.69, 9.17) is 9.47 Å². The zero-order valence-corrected chi connectivity index (χ0v) is 20.3. The van der Waals surface area contributed by atoms with Crippen molar-refractivity contribution >= 4 is 5.97 Å². The fraction of sp³-hybridized carbons (Fsp3) is 0.345. The average molecular weight is 499 g/mol. The van der Waals surface area contributed by atoms with Crippen LogP contribution in [0.25, 0.3) is 11.1 Å². The Morgan fingerprint density at radius 2 is 1.56 bits per heavy atom. The molecule has 0 spiro atoms. The van der Waals surface area contributed by atoms with Crippen LogP contribution in [0.2, 0.25) is 0 Å². The van der Waals surface area contributed by atoms with Crippen LogP contribution in [-0.2, 0) is 0 Å². The van der Waals surface area contributed by atoms with E-state index in [9.17, 15) is 23.1 Å². The molecule has 3 aromatic rings. The van der Waals surface area contributed by atoms with Crippen LogP contribution in [0.4, 0.5) is 13.2 Å². The van der Waals surface area contributed by atoms with Gasteiger partial charge in [-0.1, -0.05) is 24.3 Å². The third kappa shape index (κ3) is 5.57. The maximum atomic E-state index is 14.9. The highest BCUT2D eigenvalue weighted by Crippen LogP contribution is 2.39. The second kappa shape index (κ2) is 11.2. The Morgan fingerprint density at radius 3 is 2.17 bits per heavy atom. The third-order valence-electron chi connectivity index (χ3n) is 6.86. The normalized spacial score (nSPS) is 18.5. The predicted molar refractivity (Wildman–Crippen MR) is 131 cm³/mol. The van der Waals surface area contributed by atoms with Gasteiger partial charge < -0.3 is 14.6 Å². The first-order valence-corrected chi connectivity index (χ1v) is 12.2. The number of hydrogen-bond donors (Lipinski definition) is 1. The van der Waals surface area contributed by atoms with Gasteiger partial charge in [-0.3, -0.25) is 0 Å². The molecule has 0 aromatic heterocycles. The van der Waals surface area contributed by atoms with Crippen LogP contribution >= 0.6 is 0 Å². The number of halogens is 3. The summed E-state index contributed by atoms with van der Waals surface area (Å²) in [4.78, 5) is 12.6. The largest absolute Gasteiger partial charge is 0.491 e. The Hall–Kier alpha value is -3.32. The van der Waals surface area contributed by atoms with Crippen molar-refractivity contribution in [3.05, 3.63) is 83.2 Å². The van der Waals surface area contributed by atoms with Gasteiger partial charge in [-0.05, 0) is 98.4 Å². The Kier molecular flexibility index (Phi) is 7.99. The van der Waals surface area contributed by atoms with E-state index < -0.39 is 35.3 Å². The molecule has 7 heteroatoms. The minimum atomic E-state index is -1.19. The highest BCUT2D eigenvalue weighted by atomic mass is 19.2. The van der Waals surface area contributed by atoms with Gasteiger partial charge in [0.1, 0.15) is 0 Å². The predicted octanol–water partition coefficient (Wildman–Crippen LogP) is 7.04. The van der Waals surface area contributed by atoms with Crippen molar-refractivity contribution < 1.29 is 32.5 Å². The van der Waals surface area contributed by atoms with Gasteiger partial charge >= 0.3 is 5.97 Å². The molecular formula is C29H29F3O4. The third-order valence-corrected chi connectivity index (χ3v) is 6.86. The Bertz CT molecular complexity index is 1220. The summed E-state index contributed by atoms with van der Waals surface area (Å²) in [7, 11) is 0. The lowest BCUT2D eigenvalue weighted by Gasteiger charge is -2.30. The first-order valence-electron chi connectivity index (χ1n) is 12.2. The molecule has 1 unspecified atom stereocenters. The SMILES string of the molecule is CCOc1ccc(-c2ccc(C(=O)Oc3ccc(C4CCC(C(C)O)CC4)c(F)c3F)cc2)cc1F. The number of ether oxygens (including phenoxy) is 2. The summed E-state index contributed by atoms with van der Waals surface area (Å²) in [6, 6.07) is 13.5. The summed E-state index contributed by atoms with van der Waals surface area (Å²) in [6.07, 6.45) is 2.41. The van der Waals surface area contributed by atoms with E-state index in [2.05, 4.69) is 0 Å². The van der Waals surface area contributed by atoms with Gasteiger partial charge in [0.15, 0.2) is 23.1 Å². The minimum absolute atomic E-state index is 0.140. The summed E-state index contributed by atoms with van der Waals surface area (Å²) in [6.45, 7) is 3.87. The Labute approximate surface area is 208 Å². The lowest BCUT2D eigenvalue weighted by molar-refractivity contribution is 0.0726. The summed E-state index contributed by atoms with van der Waals surface area (Å²) >= 11 is 0. The monoisotopic (exact) mass is 498 g/mol. The van der Waals surface area contributed by atoms with Gasteiger partial charge in [0.25, 0.3) is 0 Å². The van der Waals surface area contributed by atoms with Crippen LogP contribution in [0, 0.1) is 23.4 Å². The average Bonchev–Trinajstić information content (AvgIpc) is 2.88. The van der Waals surface area contributed by atoms with E-state index in [1.54, 1.807) is 32.0 Å². The number of aliphatic hydroxyl groups is 1. The molecule has 0 amide bonds. The van der Waals surface area contributed by atoms with Crippen molar-refractivity contribution in [2.24, 2.45) is 5.92 Å². The molecule has 1 aliphatic carbocycles. The van der Waals surface area contributed by atoms with Gasteiger partial charge in [-0.2, -0.15) is 4.39 Å². The second-order valence-electron chi connectivity index (χ2n) is 9.18. The number of aliphatic hydroxyl groups excluding tert-OH is 1. The van der Waals surface area contributed by atoms with Crippen LogP contribution in [0.15, 0.2) is 54.6 Å². The molecule has 4 rings (SSSR count). The van der Waals surface area contributed by atoms with E-state index in [0.717, 1.165) is 12.8 Å². The molecule has 1 aliphatic rings. The zero-order valence-electron chi connectivity index (χ0n) is 20.3. The number of carbonyl (C=O) groups is 1. The van der Waals surface area contributed by atoms with E-state index in [1.807, 2.05) is 0 Å². The van der Waals surface area contributed by atoms with Crippen molar-refractivity contribution in [1.82, 2.24) is 0 Å². The molecule has 1 saturated carbocycles. The van der Waals surface area contributed by atoms with Crippen molar-refractivity contribution in [3.8, 4) is 22.6 Å². The standard InChI is InChI=1S/C29H29F3O4/c1-3-35-25-14-12-22(16-24(25)30)19-6-10-21(11-7-19)29(34)36-26-15-13-23(27(31)28(26)32)20-8-4-18(5-9-20)17(2)33/h6-7,10-18,20,33H,3-5,8-9H2,1-2H3. The molecule has 190 valence electrons. The minimum Gasteiger partial charge on any atom is -0.491 e. The lowest BCUT2D eigenvalue weighted by atomic mass is 9.77. The van der Waals surface area contributed by atoms with Crippen LogP contribution in [0.3, 0.4) is 0 Å². The summed E-state index contributed by atoms with van der Waals surface area (Å²) in [5, 5.41) is 9.76. The van der Waals surface area contributed by atoms with E-state index >= 15 is 0 Å². The number of carbonyl (C=O) groups excluding carboxylic acids is 1. The Morgan fingerprint density at radius 1 is 0.917 bits per heavy atom. The smallest absolute Gasteiger partial charge is 0.343 e. The quantitative estimate of drug-likeness (QED) is 0.280. The first-order chi connectivity index (χ1) is 17.3. The summed E-state index contributed by atoms with van der Waals surface area (Å²) in [5.41, 5.74) is 1.68. The summed E-state index contributed by atoms with van der Waals surface area (Å²) in [5.74, 6) is -3.80. The number of rotatable bonds is 7. The van der Waals surface area contributed by atoms with Gasteiger partial charge in [0, 0.05) is 0 Å². The van der Waals surface area contributed by atoms with Crippen LogP contribution < -0.4 is 9.47 Å². The fourth-order valence-corrected chi connectivity index (χ4v) is 4.76. The molecule has 0 aliphatic heterocycles. The van der Waals surface area contributed by atoms with Crippen molar-refractivity contribution in [1.29, 1.82) is 0 Å². The summed E-state index contributed by atoms with van der Waals surface area (Å²) < 4.78 is 54.1. The topological polar surface area (TPSA) is 55.8 Å². The number of benzene rings is 3. The Balaban J connectivity index is 1.44. The maximum absolute atomic E-state index is 14.9. The zero-order chi connectivity index (χ0) is 25.8. The van der Waals surface area contributed by atoms with E-state index in [0.29, 0.717) is 30.6 Å². The highest BCUT2D eigenvalue weighted by molar-refractivity contribution is 5.91. The van der Waals surface area contributed by atoms with Crippen molar-refractivity contribution in [3.63, 3.8) is 0 Å². The van der Waals surface area contributed by atoms with Gasteiger partial charge in [0.2, 0.25) is 5.82 Å². The number of hydrogen-bond acceptors (Lipinski definition) is 4. The molecule has 3 aromatic carbocycles. The van der Waals surface area contributed by atoms with Crippen LogP contribution in [0.5, 0.6) is 11.5 Å². The van der Waals surface area contributed by atoms with E-state index in [-0.39, 0.29) is 28.7 Å². The molecule has 0 heterocycles. The molecule has 1 fully saturated rings. The van der Waals surface area contributed by atoms with Crippen LogP contribution in [0.1, 0.15) is 61.4 Å². The molecule has 1 N–H and O–H groups in total. The molecule has 0 radical (unpaired) electrons. The van der Waals surface area contributed by atoms with Crippen molar-refractivity contribution in [2.75, 3.05) is 6.61 Å². The molecule has 1 atom stereocenters.